The van der Waals surface area contributed by atoms with Crippen molar-refractivity contribution < 1.29 is 4.79 Å². The maximum absolute atomic E-state index is 12.5. The summed E-state index contributed by atoms with van der Waals surface area (Å²) >= 11 is 0. The summed E-state index contributed by atoms with van der Waals surface area (Å²) in [5.41, 5.74) is 1.71. The Bertz CT molecular complexity index is 583. The van der Waals surface area contributed by atoms with Gasteiger partial charge in [0.25, 0.3) is 0 Å². The Morgan fingerprint density at radius 3 is 2.64 bits per heavy atom. The topological polar surface area (TPSA) is 23.6 Å². The number of hydrogen-bond acceptors (Lipinski definition) is 2. The molecule has 2 saturated heterocycles. The molecule has 1 aliphatic carbocycles. The first-order valence-corrected chi connectivity index (χ1v) is 10.3. The van der Waals surface area contributed by atoms with E-state index in [0.29, 0.717) is 11.3 Å². The van der Waals surface area contributed by atoms with Gasteiger partial charge >= 0.3 is 0 Å². The quantitative estimate of drug-likeness (QED) is 0.815. The largest absolute Gasteiger partial charge is 0.342 e. The molecule has 1 saturated carbocycles. The minimum Gasteiger partial charge on any atom is -0.342 e. The van der Waals surface area contributed by atoms with E-state index in [2.05, 4.69) is 40.1 Å². The van der Waals surface area contributed by atoms with Crippen molar-refractivity contribution in [2.75, 3.05) is 32.7 Å². The van der Waals surface area contributed by atoms with Crippen LogP contribution in [-0.2, 0) is 11.2 Å². The van der Waals surface area contributed by atoms with Gasteiger partial charge in [-0.2, -0.15) is 0 Å². The molecule has 1 aromatic rings. The monoisotopic (exact) mass is 340 g/mol. The smallest absolute Gasteiger partial charge is 0.222 e. The zero-order valence-electron chi connectivity index (χ0n) is 15.5. The molecule has 4 rings (SSSR count). The highest BCUT2D eigenvalue weighted by Crippen LogP contribution is 2.40. The Morgan fingerprint density at radius 2 is 1.88 bits per heavy atom. The Labute approximate surface area is 152 Å². The molecule has 0 aromatic heterocycles. The number of amides is 1. The van der Waals surface area contributed by atoms with Crippen molar-refractivity contribution in [2.24, 2.45) is 11.3 Å². The molecule has 1 spiro atoms. The van der Waals surface area contributed by atoms with Gasteiger partial charge in [-0.1, -0.05) is 36.8 Å². The molecule has 25 heavy (non-hydrogen) atoms. The number of carbonyl (C=O) groups excluding carboxylic acids is 1. The molecule has 136 valence electrons. The Kier molecular flexibility index (Phi) is 5.12. The van der Waals surface area contributed by atoms with Crippen molar-refractivity contribution in [1.82, 2.24) is 9.80 Å². The van der Waals surface area contributed by atoms with Gasteiger partial charge in [0, 0.05) is 38.0 Å². The Hall–Kier alpha value is -1.35. The summed E-state index contributed by atoms with van der Waals surface area (Å²) in [5, 5.41) is 0. The van der Waals surface area contributed by atoms with Crippen molar-refractivity contribution in [3.63, 3.8) is 0 Å². The highest BCUT2D eigenvalue weighted by molar-refractivity contribution is 5.77. The van der Waals surface area contributed by atoms with Crippen molar-refractivity contribution in [1.29, 1.82) is 0 Å². The average Bonchev–Trinajstić information content (AvgIpc) is 2.60. The third kappa shape index (κ3) is 4.08. The second-order valence-corrected chi connectivity index (χ2v) is 8.69. The molecule has 3 fully saturated rings. The zero-order valence-corrected chi connectivity index (χ0v) is 15.5. The molecular formula is C22H32N2O. The van der Waals surface area contributed by atoms with E-state index in [9.17, 15) is 4.79 Å². The summed E-state index contributed by atoms with van der Waals surface area (Å²) in [4.78, 5) is 17.4. The maximum atomic E-state index is 12.5. The molecule has 0 unspecified atom stereocenters. The second-order valence-electron chi connectivity index (χ2n) is 8.69. The van der Waals surface area contributed by atoms with Gasteiger partial charge in [-0.15, -0.1) is 0 Å². The van der Waals surface area contributed by atoms with Gasteiger partial charge < -0.3 is 9.80 Å². The first-order valence-electron chi connectivity index (χ1n) is 10.3. The fraction of sp³-hybridized carbons (Fsp3) is 0.682. The van der Waals surface area contributed by atoms with E-state index in [-0.39, 0.29) is 0 Å². The average molecular weight is 341 g/mol. The number of nitrogens with zero attached hydrogens (tertiary/aromatic N) is 2. The lowest BCUT2D eigenvalue weighted by molar-refractivity contribution is -0.139. The summed E-state index contributed by atoms with van der Waals surface area (Å²) in [7, 11) is 0. The lowest BCUT2D eigenvalue weighted by atomic mass is 9.73. The van der Waals surface area contributed by atoms with Crippen LogP contribution in [-0.4, -0.2) is 48.4 Å². The highest BCUT2D eigenvalue weighted by atomic mass is 16.2. The van der Waals surface area contributed by atoms with E-state index >= 15 is 0 Å². The van der Waals surface area contributed by atoms with Crippen LogP contribution in [0.5, 0.6) is 0 Å². The van der Waals surface area contributed by atoms with Gasteiger partial charge in [-0.25, -0.2) is 0 Å². The lowest BCUT2D eigenvalue weighted by Gasteiger charge is -2.49. The van der Waals surface area contributed by atoms with Crippen LogP contribution in [0.1, 0.15) is 50.5 Å². The van der Waals surface area contributed by atoms with Gasteiger partial charge in [0.2, 0.25) is 5.91 Å². The molecule has 2 heterocycles. The Morgan fingerprint density at radius 1 is 1.04 bits per heavy atom. The van der Waals surface area contributed by atoms with E-state index in [1.54, 1.807) is 0 Å². The van der Waals surface area contributed by atoms with Crippen molar-refractivity contribution in [3.8, 4) is 0 Å². The number of rotatable bonds is 5. The third-order valence-electron chi connectivity index (χ3n) is 6.74. The van der Waals surface area contributed by atoms with Crippen LogP contribution in [0.4, 0.5) is 0 Å². The second kappa shape index (κ2) is 7.49. The lowest BCUT2D eigenvalue weighted by Crippen LogP contribution is -2.55. The number of piperidine rings is 2. The van der Waals surface area contributed by atoms with Crippen LogP contribution in [0.25, 0.3) is 0 Å². The standard InChI is InChI=1S/C22H32N2O/c25-21-10-13-22(12-5-14-23(17-22)16-20-8-4-9-20)18-24(21)15-11-19-6-2-1-3-7-19/h1-3,6-7,20H,4-5,8-18H2/t22-/m1/s1. The number of benzene rings is 1. The van der Waals surface area contributed by atoms with Crippen LogP contribution < -0.4 is 0 Å². The summed E-state index contributed by atoms with van der Waals surface area (Å²) in [5.74, 6) is 1.33. The van der Waals surface area contributed by atoms with Crippen LogP contribution in [0.15, 0.2) is 30.3 Å². The first kappa shape index (κ1) is 17.1. The zero-order chi connectivity index (χ0) is 17.1. The summed E-state index contributed by atoms with van der Waals surface area (Å²) < 4.78 is 0. The molecule has 3 nitrogen and oxygen atoms in total. The van der Waals surface area contributed by atoms with E-state index in [4.69, 9.17) is 0 Å². The molecule has 0 radical (unpaired) electrons. The molecule has 1 aromatic carbocycles. The number of likely N-dealkylation sites (tertiary alicyclic amines) is 2. The van der Waals surface area contributed by atoms with E-state index in [1.165, 1.54) is 57.3 Å². The molecule has 0 N–H and O–H groups in total. The summed E-state index contributed by atoms with van der Waals surface area (Å²) in [6.45, 7) is 5.67. The van der Waals surface area contributed by atoms with Gasteiger partial charge in [0.15, 0.2) is 0 Å². The van der Waals surface area contributed by atoms with Crippen LogP contribution in [0.3, 0.4) is 0 Å². The van der Waals surface area contributed by atoms with Crippen LogP contribution >= 0.6 is 0 Å². The Balaban J connectivity index is 1.36. The fourth-order valence-corrected chi connectivity index (χ4v) is 5.05. The SMILES string of the molecule is O=C1CC[C@@]2(CCCN(CC3CCC3)C2)CN1CCc1ccccc1. The molecule has 1 atom stereocenters. The normalized spacial score (nSPS) is 28.3. The summed E-state index contributed by atoms with van der Waals surface area (Å²) in [6.07, 6.45) is 9.77. The van der Waals surface area contributed by atoms with Gasteiger partial charge in [0.1, 0.15) is 0 Å². The van der Waals surface area contributed by atoms with Crippen LogP contribution in [0.2, 0.25) is 0 Å². The fourth-order valence-electron chi connectivity index (χ4n) is 5.05. The number of carbonyl (C=O) groups is 1. The number of hydrogen-bond donors (Lipinski definition) is 0. The van der Waals surface area contributed by atoms with Gasteiger partial charge in [-0.05, 0) is 56.6 Å². The van der Waals surface area contributed by atoms with E-state index in [1.807, 2.05) is 0 Å². The van der Waals surface area contributed by atoms with Gasteiger partial charge in [-0.3, -0.25) is 4.79 Å². The minimum absolute atomic E-state index is 0.368. The molecule has 0 bridgehead atoms. The minimum atomic E-state index is 0.368. The third-order valence-corrected chi connectivity index (χ3v) is 6.74. The van der Waals surface area contributed by atoms with Crippen molar-refractivity contribution in [3.05, 3.63) is 35.9 Å². The van der Waals surface area contributed by atoms with Gasteiger partial charge in [0.05, 0.1) is 0 Å². The molecule has 3 aliphatic rings. The van der Waals surface area contributed by atoms with E-state index in [0.717, 1.165) is 38.3 Å². The van der Waals surface area contributed by atoms with E-state index < -0.39 is 0 Å². The molecule has 3 heteroatoms. The molecule has 2 aliphatic heterocycles. The molecular weight excluding hydrogens is 308 g/mol. The molecule has 1 amide bonds. The van der Waals surface area contributed by atoms with Crippen molar-refractivity contribution >= 4 is 5.91 Å². The van der Waals surface area contributed by atoms with Crippen LogP contribution in [0, 0.1) is 11.3 Å². The van der Waals surface area contributed by atoms with Crippen molar-refractivity contribution in [2.45, 2.75) is 51.4 Å². The predicted molar refractivity (Wildman–Crippen MR) is 101 cm³/mol. The first-order chi connectivity index (χ1) is 12.2. The highest BCUT2D eigenvalue weighted by Gasteiger charge is 2.41. The maximum Gasteiger partial charge on any atom is 0.222 e. The predicted octanol–water partition coefficient (Wildman–Crippen LogP) is 3.73. The summed E-state index contributed by atoms with van der Waals surface area (Å²) in [6, 6.07) is 10.6.